The Morgan fingerprint density at radius 2 is 1.76 bits per heavy atom. The minimum Gasteiger partial charge on any atom is -0.479 e. The summed E-state index contributed by atoms with van der Waals surface area (Å²) in [6, 6.07) is 9.72. The minimum atomic E-state index is -1.50. The van der Waals surface area contributed by atoms with E-state index < -0.39 is 8.07 Å². The molecule has 3 N–H and O–H groups in total. The Bertz CT molecular complexity index is 1210. The minimum absolute atomic E-state index is 0.0273. The molecule has 0 unspecified atom stereocenters. The third-order valence-corrected chi connectivity index (χ3v) is 7.94. The second kappa shape index (κ2) is 12.8. The molecule has 3 rings (SSSR count). The van der Waals surface area contributed by atoms with E-state index >= 15 is 0 Å². The Hall–Kier alpha value is -3.57. The summed E-state index contributed by atoms with van der Waals surface area (Å²) in [5, 5.41) is 4.09. The predicted molar refractivity (Wildman–Crippen MR) is 152 cm³/mol. The topological polar surface area (TPSA) is 125 Å². The molecular weight excluding hydrogens is 502 g/mol. The summed E-state index contributed by atoms with van der Waals surface area (Å²) in [6.45, 7) is 12.7. The fraction of sp³-hybridized carbons (Fsp3) is 0.444. The number of carbonyl (C=O) groups excluding carboxylic acids is 1. The molecule has 2 heterocycles. The molecule has 0 bridgehead atoms. The van der Waals surface area contributed by atoms with Crippen LogP contribution in [0.15, 0.2) is 34.7 Å². The van der Waals surface area contributed by atoms with Crippen LogP contribution in [-0.4, -0.2) is 57.8 Å². The van der Waals surface area contributed by atoms with Crippen molar-refractivity contribution in [2.75, 3.05) is 44.1 Å². The Labute approximate surface area is 225 Å². The number of nitrogens with zero attached hydrogens (tertiary/aromatic N) is 3. The number of benzene rings is 1. The van der Waals surface area contributed by atoms with Gasteiger partial charge in [0.05, 0.1) is 28.7 Å². The molecule has 10 nitrogen and oxygen atoms in total. The molecule has 0 radical (unpaired) electrons. The number of methoxy groups -OCH3 is 2. The van der Waals surface area contributed by atoms with E-state index in [1.54, 1.807) is 12.1 Å². The van der Waals surface area contributed by atoms with Gasteiger partial charge >= 0.3 is 0 Å². The van der Waals surface area contributed by atoms with E-state index in [0.717, 1.165) is 24.3 Å². The van der Waals surface area contributed by atoms with Crippen LogP contribution in [0.4, 0.5) is 11.6 Å². The second-order valence-electron chi connectivity index (χ2n) is 9.97. The fourth-order valence-electron chi connectivity index (χ4n) is 3.83. The summed E-state index contributed by atoms with van der Waals surface area (Å²) in [7, 11) is 1.46. The lowest BCUT2D eigenvalue weighted by molar-refractivity contribution is -0.115. The van der Waals surface area contributed by atoms with Crippen molar-refractivity contribution in [2.45, 2.75) is 46.3 Å². The highest BCUT2D eigenvalue weighted by molar-refractivity contribution is 6.88. The lowest BCUT2D eigenvalue weighted by Gasteiger charge is -2.23. The van der Waals surface area contributed by atoms with E-state index in [-0.39, 0.29) is 29.8 Å². The molecule has 0 aliphatic carbocycles. The number of hydrogen-bond donors (Lipinski definition) is 2. The molecule has 1 amide bonds. The maximum absolute atomic E-state index is 12.9. The van der Waals surface area contributed by atoms with Crippen molar-refractivity contribution in [1.29, 1.82) is 0 Å². The first-order valence-corrected chi connectivity index (χ1v) is 16.2. The van der Waals surface area contributed by atoms with Crippen molar-refractivity contribution < 1.29 is 23.4 Å². The molecule has 0 fully saturated rings. The number of nitrogens with two attached hydrogens (primary N) is 1. The van der Waals surface area contributed by atoms with Crippen LogP contribution in [0.3, 0.4) is 0 Å². The van der Waals surface area contributed by atoms with Gasteiger partial charge in [0.25, 0.3) is 5.95 Å². The Morgan fingerprint density at radius 3 is 2.34 bits per heavy atom. The van der Waals surface area contributed by atoms with E-state index in [2.05, 4.69) is 60.0 Å². The fourth-order valence-corrected chi connectivity index (χ4v) is 4.97. The van der Waals surface area contributed by atoms with Gasteiger partial charge in [-0.15, -0.1) is 0 Å². The van der Waals surface area contributed by atoms with E-state index in [4.69, 9.17) is 24.4 Å². The highest BCUT2D eigenvalue weighted by atomic mass is 28.3. The molecule has 0 spiro atoms. The van der Waals surface area contributed by atoms with Crippen molar-refractivity contribution in [3.05, 3.63) is 41.7 Å². The summed E-state index contributed by atoms with van der Waals surface area (Å²) < 4.78 is 22.7. The first-order valence-electron chi connectivity index (χ1n) is 12.7. The molecule has 2 aromatic heterocycles. The first kappa shape index (κ1) is 29.0. The molecule has 38 heavy (non-hydrogen) atoms. The van der Waals surface area contributed by atoms with Crippen LogP contribution in [-0.2, 0) is 11.2 Å². The number of furan rings is 1. The van der Waals surface area contributed by atoms with Crippen molar-refractivity contribution in [3.63, 3.8) is 0 Å². The molecule has 0 atom stereocenters. The van der Waals surface area contributed by atoms with Gasteiger partial charge in [-0.05, 0) is 31.0 Å². The van der Waals surface area contributed by atoms with Crippen LogP contribution in [0, 0.1) is 6.92 Å². The number of carbonyl (C=O) groups is 1. The average Bonchev–Trinajstić information content (AvgIpc) is 3.31. The highest BCUT2D eigenvalue weighted by Gasteiger charge is 2.22. The molecule has 0 aliphatic heterocycles. The van der Waals surface area contributed by atoms with Crippen LogP contribution >= 0.6 is 0 Å². The van der Waals surface area contributed by atoms with E-state index in [9.17, 15) is 4.79 Å². The van der Waals surface area contributed by atoms with E-state index in [1.807, 2.05) is 11.8 Å². The number of hydrogen-bond acceptors (Lipinski definition) is 9. The molecule has 0 saturated carbocycles. The molecular formula is C27H39N5O5Si. The maximum atomic E-state index is 12.9. The van der Waals surface area contributed by atoms with Crippen molar-refractivity contribution in [3.8, 4) is 23.5 Å². The smallest absolute Gasteiger partial charge is 0.290 e. The molecule has 206 valence electrons. The number of rotatable bonds is 13. The predicted octanol–water partition coefficient (Wildman–Crippen LogP) is 4.09. The van der Waals surface area contributed by atoms with Gasteiger partial charge in [0.15, 0.2) is 5.69 Å². The lowest BCUT2D eigenvalue weighted by atomic mass is 10.2. The maximum Gasteiger partial charge on any atom is 0.290 e. The van der Waals surface area contributed by atoms with Crippen LogP contribution in [0.25, 0.3) is 0 Å². The van der Waals surface area contributed by atoms with Crippen molar-refractivity contribution >= 4 is 30.8 Å². The summed E-state index contributed by atoms with van der Waals surface area (Å²) >= 11 is 0. The Morgan fingerprint density at radius 1 is 1.08 bits per heavy atom. The zero-order valence-corrected chi connectivity index (χ0v) is 24.4. The average molecular weight is 542 g/mol. The molecule has 3 aromatic rings. The Kier molecular flexibility index (Phi) is 9.76. The number of anilines is 2. The number of amides is 1. The molecule has 0 saturated heterocycles. The number of aromatic nitrogens is 2. The first-order chi connectivity index (χ1) is 18.1. The molecule has 1 aromatic carbocycles. The summed E-state index contributed by atoms with van der Waals surface area (Å²) in [4.78, 5) is 23.8. The zero-order valence-electron chi connectivity index (χ0n) is 23.4. The van der Waals surface area contributed by atoms with Crippen LogP contribution in [0.5, 0.6) is 23.5 Å². The highest BCUT2D eigenvalue weighted by Crippen LogP contribution is 2.34. The number of nitrogens with one attached hydrogen (secondary N) is 1. The SMILES string of the molecule is CCCN(CCN)c1nc(OC)c(NC(=O)Cc2ccc(Oc3cc([Si](C)(C)C)ccc3C)o2)c(OC)n1. The van der Waals surface area contributed by atoms with E-state index in [1.165, 1.54) is 19.4 Å². The van der Waals surface area contributed by atoms with E-state index in [0.29, 0.717) is 30.7 Å². The normalized spacial score (nSPS) is 11.3. The second-order valence-corrected chi connectivity index (χ2v) is 15.0. The van der Waals surface area contributed by atoms with Gasteiger partial charge < -0.3 is 34.6 Å². The third kappa shape index (κ3) is 7.26. The Balaban J connectivity index is 1.75. The standard InChI is InChI=1S/C27H39N5O5Si/c1-8-14-32(15-13-28)27-30-25(34-3)24(26(31-27)35-4)29-22(33)16-19-10-12-23(36-19)37-21-17-20(38(5,6)7)11-9-18(21)2/h9-12,17H,8,13-16,28H2,1-7H3,(H,29,33). The quantitative estimate of drug-likeness (QED) is 0.308. The van der Waals surface area contributed by atoms with Gasteiger partial charge in [-0.25, -0.2) is 0 Å². The number of aryl methyl sites for hydroxylation is 1. The largest absolute Gasteiger partial charge is 0.479 e. The van der Waals surface area contributed by atoms with Crippen LogP contribution in [0.1, 0.15) is 24.7 Å². The zero-order chi connectivity index (χ0) is 27.9. The van der Waals surface area contributed by atoms with Crippen molar-refractivity contribution in [1.82, 2.24) is 9.97 Å². The van der Waals surface area contributed by atoms with Gasteiger partial charge in [0.2, 0.25) is 23.6 Å². The van der Waals surface area contributed by atoms with Crippen LogP contribution in [0.2, 0.25) is 19.6 Å². The monoisotopic (exact) mass is 541 g/mol. The third-order valence-electron chi connectivity index (χ3n) is 5.89. The van der Waals surface area contributed by atoms with Gasteiger partial charge in [-0.3, -0.25) is 4.79 Å². The lowest BCUT2D eigenvalue weighted by Crippen LogP contribution is -2.37. The van der Waals surface area contributed by atoms with Gasteiger partial charge in [-0.1, -0.05) is 43.9 Å². The summed E-state index contributed by atoms with van der Waals surface area (Å²) in [5.41, 5.74) is 7.00. The molecule has 11 heteroatoms. The van der Waals surface area contributed by atoms with Gasteiger partial charge in [0, 0.05) is 25.7 Å². The van der Waals surface area contributed by atoms with Crippen molar-refractivity contribution in [2.24, 2.45) is 5.73 Å². The molecule has 0 aliphatic rings. The number of ether oxygens (including phenoxy) is 3. The summed E-state index contributed by atoms with van der Waals surface area (Å²) in [6.07, 6.45) is 0.866. The van der Waals surface area contributed by atoms with Gasteiger partial charge in [-0.2, -0.15) is 9.97 Å². The van der Waals surface area contributed by atoms with Gasteiger partial charge in [0.1, 0.15) is 11.5 Å². The van der Waals surface area contributed by atoms with Crippen LogP contribution < -0.4 is 35.3 Å². The summed E-state index contributed by atoms with van der Waals surface area (Å²) in [5.74, 6) is 1.98.